The minimum atomic E-state index is -4.58. The van der Waals surface area contributed by atoms with Crippen molar-refractivity contribution >= 4 is 17.6 Å². The highest BCUT2D eigenvalue weighted by atomic mass is 19.4. The summed E-state index contributed by atoms with van der Waals surface area (Å²) in [4.78, 5) is 26.2. The monoisotopic (exact) mass is 385 g/mol. The van der Waals surface area contributed by atoms with Gasteiger partial charge >= 0.3 is 12.2 Å². The van der Waals surface area contributed by atoms with E-state index in [1.807, 2.05) is 0 Å². The molecule has 1 aromatic rings. The summed E-state index contributed by atoms with van der Waals surface area (Å²) in [5, 5.41) is 5.09. The molecule has 3 rings (SSSR count). The molecular formula is C18H22F3N3O3. The number of alkyl halides is 3. The maximum Gasteiger partial charge on any atom is 0.418 e. The molecule has 2 fully saturated rings. The zero-order valence-electron chi connectivity index (χ0n) is 14.7. The predicted molar refractivity (Wildman–Crippen MR) is 92.2 cm³/mol. The number of nitrogens with one attached hydrogen (secondary N) is 2. The summed E-state index contributed by atoms with van der Waals surface area (Å²) >= 11 is 0. The molecule has 0 aromatic heterocycles. The molecule has 0 radical (unpaired) electrons. The highest BCUT2D eigenvalue weighted by molar-refractivity contribution is 5.94. The lowest BCUT2D eigenvalue weighted by Gasteiger charge is -2.25. The Labute approximate surface area is 155 Å². The van der Waals surface area contributed by atoms with Crippen molar-refractivity contribution in [3.8, 4) is 0 Å². The van der Waals surface area contributed by atoms with Crippen molar-refractivity contribution in [1.82, 2.24) is 10.2 Å². The fourth-order valence-electron chi connectivity index (χ4n) is 3.45. The third-order valence-electron chi connectivity index (χ3n) is 4.82. The number of hydrogen-bond acceptors (Lipinski definition) is 3. The van der Waals surface area contributed by atoms with Crippen LogP contribution in [-0.4, -0.2) is 48.7 Å². The zero-order valence-corrected chi connectivity index (χ0v) is 14.7. The minimum Gasteiger partial charge on any atom is -0.376 e. The first kappa shape index (κ1) is 19.5. The van der Waals surface area contributed by atoms with Crippen LogP contribution >= 0.6 is 0 Å². The van der Waals surface area contributed by atoms with E-state index in [4.69, 9.17) is 4.74 Å². The summed E-state index contributed by atoms with van der Waals surface area (Å²) in [7, 11) is 0. The molecule has 0 aliphatic carbocycles. The van der Waals surface area contributed by atoms with Crippen LogP contribution in [0, 0.1) is 0 Å². The Bertz CT molecular complexity index is 690. The van der Waals surface area contributed by atoms with Crippen LogP contribution in [0.3, 0.4) is 0 Å². The quantitative estimate of drug-likeness (QED) is 0.837. The molecule has 0 unspecified atom stereocenters. The van der Waals surface area contributed by atoms with Crippen molar-refractivity contribution < 1.29 is 27.5 Å². The highest BCUT2D eigenvalue weighted by Gasteiger charge is 2.37. The van der Waals surface area contributed by atoms with Gasteiger partial charge in [0.25, 0.3) is 0 Å². The van der Waals surface area contributed by atoms with Gasteiger partial charge in [0.05, 0.1) is 17.4 Å². The lowest BCUT2D eigenvalue weighted by Crippen LogP contribution is -2.48. The molecule has 0 saturated carbocycles. The van der Waals surface area contributed by atoms with E-state index in [1.165, 1.54) is 23.1 Å². The number of para-hydroxylation sites is 1. The van der Waals surface area contributed by atoms with Gasteiger partial charge in [-0.15, -0.1) is 0 Å². The molecule has 6 nitrogen and oxygen atoms in total. The topological polar surface area (TPSA) is 70.7 Å². The van der Waals surface area contributed by atoms with Crippen LogP contribution in [0.5, 0.6) is 0 Å². The Hall–Kier alpha value is -2.29. The number of carbonyl (C=O) groups excluding carboxylic acids is 2. The van der Waals surface area contributed by atoms with E-state index in [0.29, 0.717) is 32.5 Å². The van der Waals surface area contributed by atoms with E-state index < -0.39 is 23.8 Å². The van der Waals surface area contributed by atoms with Gasteiger partial charge in [0.1, 0.15) is 6.04 Å². The van der Waals surface area contributed by atoms with Gasteiger partial charge < -0.3 is 20.3 Å². The normalized spacial score (nSPS) is 22.7. The third kappa shape index (κ3) is 4.71. The van der Waals surface area contributed by atoms with Gasteiger partial charge in [0.15, 0.2) is 0 Å². The van der Waals surface area contributed by atoms with Crippen molar-refractivity contribution in [2.45, 2.75) is 44.0 Å². The van der Waals surface area contributed by atoms with Crippen molar-refractivity contribution in [3.05, 3.63) is 29.8 Å². The number of rotatable bonds is 4. The summed E-state index contributed by atoms with van der Waals surface area (Å²) in [5.74, 6) is -0.303. The second-order valence-electron chi connectivity index (χ2n) is 6.71. The predicted octanol–water partition coefficient (Wildman–Crippen LogP) is 3.00. The lowest BCUT2D eigenvalue weighted by molar-refractivity contribution is -0.137. The first-order valence-electron chi connectivity index (χ1n) is 8.99. The van der Waals surface area contributed by atoms with Crippen LogP contribution in [0.2, 0.25) is 0 Å². The molecule has 2 aliphatic rings. The molecule has 148 valence electrons. The van der Waals surface area contributed by atoms with Crippen LogP contribution in [0.1, 0.15) is 31.2 Å². The Kier molecular flexibility index (Phi) is 5.88. The molecule has 2 N–H and O–H groups in total. The molecule has 0 bridgehead atoms. The standard InChI is InChI=1S/C18H22F3N3O3/c19-18(20,21)13-6-1-2-7-14(13)23-17(26)24-9-3-8-15(24)16(25)22-11-12-5-4-10-27-12/h1-2,6-7,12,15H,3-5,8-11H2,(H,22,25)(H,23,26)/t12-,15+/m1/s1. The van der Waals surface area contributed by atoms with Crippen LogP contribution in [-0.2, 0) is 15.7 Å². The Morgan fingerprint density at radius 3 is 2.67 bits per heavy atom. The number of halogens is 3. The molecule has 2 saturated heterocycles. The van der Waals surface area contributed by atoms with Crippen molar-refractivity contribution in [1.29, 1.82) is 0 Å². The second kappa shape index (κ2) is 8.16. The molecule has 1 aromatic carbocycles. The second-order valence-corrected chi connectivity index (χ2v) is 6.71. The van der Waals surface area contributed by atoms with Crippen molar-refractivity contribution in [2.24, 2.45) is 0 Å². The van der Waals surface area contributed by atoms with Gasteiger partial charge in [0.2, 0.25) is 5.91 Å². The van der Waals surface area contributed by atoms with Gasteiger partial charge in [-0.25, -0.2) is 4.79 Å². The number of anilines is 1. The average Bonchev–Trinajstić information content (AvgIpc) is 3.31. The first-order valence-corrected chi connectivity index (χ1v) is 8.99. The van der Waals surface area contributed by atoms with E-state index >= 15 is 0 Å². The highest BCUT2D eigenvalue weighted by Crippen LogP contribution is 2.35. The molecule has 2 heterocycles. The van der Waals surface area contributed by atoms with E-state index in [9.17, 15) is 22.8 Å². The van der Waals surface area contributed by atoms with E-state index in [1.54, 1.807) is 0 Å². The summed E-state index contributed by atoms with van der Waals surface area (Å²) in [6.45, 7) is 1.37. The fraction of sp³-hybridized carbons (Fsp3) is 0.556. The number of carbonyl (C=O) groups is 2. The molecule has 3 amide bonds. The van der Waals surface area contributed by atoms with E-state index in [-0.39, 0.29) is 17.7 Å². The molecule has 2 aliphatic heterocycles. The Morgan fingerprint density at radius 2 is 1.96 bits per heavy atom. The fourth-order valence-corrected chi connectivity index (χ4v) is 3.45. The summed E-state index contributed by atoms with van der Waals surface area (Å²) < 4.78 is 44.7. The summed E-state index contributed by atoms with van der Waals surface area (Å²) in [6, 6.07) is 3.39. The Balaban J connectivity index is 1.63. The minimum absolute atomic E-state index is 0.0173. The zero-order chi connectivity index (χ0) is 19.4. The van der Waals surface area contributed by atoms with Crippen molar-refractivity contribution in [3.63, 3.8) is 0 Å². The Morgan fingerprint density at radius 1 is 1.19 bits per heavy atom. The van der Waals surface area contributed by atoms with Crippen LogP contribution in [0.25, 0.3) is 0 Å². The number of benzene rings is 1. The summed E-state index contributed by atoms with van der Waals surface area (Å²) in [6.07, 6.45) is -1.66. The van der Waals surface area contributed by atoms with E-state index in [0.717, 1.165) is 18.9 Å². The van der Waals surface area contributed by atoms with Gasteiger partial charge in [-0.2, -0.15) is 13.2 Å². The van der Waals surface area contributed by atoms with Gasteiger partial charge in [0, 0.05) is 19.7 Å². The van der Waals surface area contributed by atoms with Crippen LogP contribution in [0.4, 0.5) is 23.7 Å². The molecule has 0 spiro atoms. The molecular weight excluding hydrogens is 363 g/mol. The molecule has 9 heteroatoms. The third-order valence-corrected chi connectivity index (χ3v) is 4.82. The number of likely N-dealkylation sites (tertiary alicyclic amines) is 1. The number of hydrogen-bond donors (Lipinski definition) is 2. The SMILES string of the molecule is O=C(NC[C@H]1CCCO1)[C@@H]1CCCN1C(=O)Nc1ccccc1C(F)(F)F. The van der Waals surface area contributed by atoms with Gasteiger partial charge in [-0.1, -0.05) is 12.1 Å². The lowest BCUT2D eigenvalue weighted by atomic mass is 10.1. The first-order chi connectivity index (χ1) is 12.9. The van der Waals surface area contributed by atoms with Gasteiger partial charge in [-0.3, -0.25) is 4.79 Å². The van der Waals surface area contributed by atoms with E-state index in [2.05, 4.69) is 10.6 Å². The number of amides is 3. The van der Waals surface area contributed by atoms with Gasteiger partial charge in [-0.05, 0) is 37.8 Å². The average molecular weight is 385 g/mol. The van der Waals surface area contributed by atoms with Crippen LogP contribution < -0.4 is 10.6 Å². The largest absolute Gasteiger partial charge is 0.418 e. The summed E-state index contributed by atoms with van der Waals surface area (Å²) in [5.41, 5.74) is -1.24. The number of ether oxygens (including phenoxy) is 1. The maximum absolute atomic E-state index is 13.1. The molecule has 27 heavy (non-hydrogen) atoms. The molecule has 2 atom stereocenters. The van der Waals surface area contributed by atoms with Crippen LogP contribution in [0.15, 0.2) is 24.3 Å². The number of urea groups is 1. The maximum atomic E-state index is 13.1. The number of nitrogens with zero attached hydrogens (tertiary/aromatic N) is 1. The van der Waals surface area contributed by atoms with Crippen molar-refractivity contribution in [2.75, 3.05) is 25.0 Å². The smallest absolute Gasteiger partial charge is 0.376 e.